The number of nitrogens with one attached hydrogen (secondary N) is 2. The summed E-state index contributed by atoms with van der Waals surface area (Å²) in [4.78, 5) is 8.43. The molecule has 5 heteroatoms. The average molecular weight is 334 g/mol. The summed E-state index contributed by atoms with van der Waals surface area (Å²) < 4.78 is 1.14. The van der Waals surface area contributed by atoms with E-state index in [9.17, 15) is 0 Å². The van der Waals surface area contributed by atoms with Gasteiger partial charge in [0, 0.05) is 27.0 Å². The smallest absolute Gasteiger partial charge is 0.0924 e. The molecule has 0 atom stereocenters. The standard InChI is InChI=1S/C14H12BrN3S/c15-11-5-13(19-8-11)6-17-12-3-1-10(2-4-12)14-7-16-9-18-14/h1-5,7-9,17H,6H2,(H,16,18). The molecule has 0 radical (unpaired) electrons. The summed E-state index contributed by atoms with van der Waals surface area (Å²) in [7, 11) is 0. The first-order chi connectivity index (χ1) is 9.31. The second-order valence-corrected chi connectivity index (χ2v) is 6.04. The first-order valence-corrected chi connectivity index (χ1v) is 7.54. The van der Waals surface area contributed by atoms with Gasteiger partial charge in [0.05, 0.1) is 18.2 Å². The van der Waals surface area contributed by atoms with Crippen LogP contribution >= 0.6 is 27.3 Å². The second-order valence-electron chi connectivity index (χ2n) is 4.13. The van der Waals surface area contributed by atoms with Crippen molar-refractivity contribution in [2.45, 2.75) is 6.54 Å². The molecule has 3 rings (SSSR count). The fraction of sp³-hybridized carbons (Fsp3) is 0.0714. The van der Waals surface area contributed by atoms with Gasteiger partial charge in [-0.1, -0.05) is 12.1 Å². The Morgan fingerprint density at radius 2 is 2.11 bits per heavy atom. The Labute approximate surface area is 123 Å². The molecule has 3 aromatic rings. The summed E-state index contributed by atoms with van der Waals surface area (Å²) in [6, 6.07) is 10.5. The fourth-order valence-corrected chi connectivity index (χ4v) is 3.21. The molecule has 0 aliphatic carbocycles. The summed E-state index contributed by atoms with van der Waals surface area (Å²) in [5.74, 6) is 0. The van der Waals surface area contributed by atoms with Gasteiger partial charge < -0.3 is 10.3 Å². The zero-order valence-corrected chi connectivity index (χ0v) is 12.5. The molecule has 0 unspecified atom stereocenters. The maximum atomic E-state index is 4.03. The van der Waals surface area contributed by atoms with Crippen molar-refractivity contribution in [1.82, 2.24) is 9.97 Å². The lowest BCUT2D eigenvalue weighted by Gasteiger charge is -2.05. The Morgan fingerprint density at radius 3 is 2.74 bits per heavy atom. The topological polar surface area (TPSA) is 40.7 Å². The summed E-state index contributed by atoms with van der Waals surface area (Å²) in [5, 5.41) is 5.51. The zero-order valence-electron chi connectivity index (χ0n) is 10.1. The predicted molar refractivity (Wildman–Crippen MR) is 83.4 cm³/mol. The zero-order chi connectivity index (χ0) is 13.1. The van der Waals surface area contributed by atoms with Crippen LogP contribution in [0.1, 0.15) is 4.88 Å². The summed E-state index contributed by atoms with van der Waals surface area (Å²) >= 11 is 5.21. The van der Waals surface area contributed by atoms with Gasteiger partial charge in [-0.15, -0.1) is 11.3 Å². The molecule has 0 saturated heterocycles. The molecular formula is C14H12BrN3S. The van der Waals surface area contributed by atoms with Gasteiger partial charge in [0.25, 0.3) is 0 Å². The first kappa shape index (κ1) is 12.4. The highest BCUT2D eigenvalue weighted by molar-refractivity contribution is 9.10. The van der Waals surface area contributed by atoms with Crippen LogP contribution in [0.5, 0.6) is 0 Å². The minimum absolute atomic E-state index is 0.847. The van der Waals surface area contributed by atoms with E-state index in [0.29, 0.717) is 0 Å². The molecule has 0 fully saturated rings. The quantitative estimate of drug-likeness (QED) is 0.737. The Morgan fingerprint density at radius 1 is 1.26 bits per heavy atom. The third kappa shape index (κ3) is 3.05. The molecule has 2 heterocycles. The first-order valence-electron chi connectivity index (χ1n) is 5.87. The van der Waals surface area contributed by atoms with Crippen molar-refractivity contribution in [2.75, 3.05) is 5.32 Å². The van der Waals surface area contributed by atoms with Crippen LogP contribution in [0, 0.1) is 0 Å². The van der Waals surface area contributed by atoms with Gasteiger partial charge in [0.2, 0.25) is 0 Å². The number of thiophene rings is 1. The van der Waals surface area contributed by atoms with Gasteiger partial charge >= 0.3 is 0 Å². The van der Waals surface area contributed by atoms with Gasteiger partial charge in [0.1, 0.15) is 0 Å². The van der Waals surface area contributed by atoms with Crippen LogP contribution in [-0.4, -0.2) is 9.97 Å². The normalized spacial score (nSPS) is 10.6. The van der Waals surface area contributed by atoms with Crippen LogP contribution in [0.2, 0.25) is 0 Å². The van der Waals surface area contributed by atoms with Gasteiger partial charge in [0.15, 0.2) is 0 Å². The largest absolute Gasteiger partial charge is 0.380 e. The second kappa shape index (κ2) is 5.59. The number of aromatic amines is 1. The van der Waals surface area contributed by atoms with Crippen molar-refractivity contribution in [3.63, 3.8) is 0 Å². The highest BCUT2D eigenvalue weighted by atomic mass is 79.9. The molecule has 0 amide bonds. The van der Waals surface area contributed by atoms with E-state index in [1.807, 2.05) is 6.20 Å². The number of hydrogen-bond acceptors (Lipinski definition) is 3. The van der Waals surface area contributed by atoms with Crippen LogP contribution in [0.3, 0.4) is 0 Å². The Bertz CT molecular complexity index is 644. The van der Waals surface area contributed by atoms with E-state index < -0.39 is 0 Å². The number of halogens is 1. The van der Waals surface area contributed by atoms with Gasteiger partial charge in [-0.2, -0.15) is 0 Å². The Hall–Kier alpha value is -1.59. The minimum Gasteiger partial charge on any atom is -0.380 e. The number of hydrogen-bond donors (Lipinski definition) is 2. The number of nitrogens with zero attached hydrogens (tertiary/aromatic N) is 1. The summed E-state index contributed by atoms with van der Waals surface area (Å²) in [6.07, 6.45) is 3.52. The van der Waals surface area contributed by atoms with Crippen molar-refractivity contribution in [3.8, 4) is 11.3 Å². The highest BCUT2D eigenvalue weighted by Crippen LogP contribution is 2.22. The van der Waals surface area contributed by atoms with Crippen LogP contribution in [0.25, 0.3) is 11.3 Å². The maximum absolute atomic E-state index is 4.03. The van der Waals surface area contributed by atoms with E-state index in [2.05, 4.69) is 66.9 Å². The van der Waals surface area contributed by atoms with E-state index >= 15 is 0 Å². The fourth-order valence-electron chi connectivity index (χ4n) is 1.82. The molecule has 0 spiro atoms. The van der Waals surface area contributed by atoms with E-state index in [1.165, 1.54) is 4.88 Å². The summed E-state index contributed by atoms with van der Waals surface area (Å²) in [6.45, 7) is 0.847. The van der Waals surface area contributed by atoms with Crippen molar-refractivity contribution in [3.05, 3.63) is 57.6 Å². The van der Waals surface area contributed by atoms with E-state index in [-0.39, 0.29) is 0 Å². The summed E-state index contributed by atoms with van der Waals surface area (Å²) in [5.41, 5.74) is 3.29. The minimum atomic E-state index is 0.847. The number of imidazole rings is 1. The van der Waals surface area contributed by atoms with Crippen LogP contribution in [0.15, 0.2) is 52.7 Å². The van der Waals surface area contributed by atoms with Crippen LogP contribution in [-0.2, 0) is 6.54 Å². The predicted octanol–water partition coefficient (Wildman–Crippen LogP) is 4.51. The number of H-pyrrole nitrogens is 1. The van der Waals surface area contributed by atoms with E-state index in [1.54, 1.807) is 17.7 Å². The molecule has 0 aliphatic rings. The molecule has 19 heavy (non-hydrogen) atoms. The molecule has 0 bridgehead atoms. The van der Waals surface area contributed by atoms with Crippen molar-refractivity contribution in [1.29, 1.82) is 0 Å². The van der Waals surface area contributed by atoms with Crippen LogP contribution < -0.4 is 5.32 Å². The SMILES string of the molecule is Brc1csc(CNc2ccc(-c3cnc[nH]3)cc2)c1. The lowest BCUT2D eigenvalue weighted by molar-refractivity contribution is 1.19. The highest BCUT2D eigenvalue weighted by Gasteiger charge is 2.00. The van der Waals surface area contributed by atoms with Gasteiger partial charge in [-0.05, 0) is 39.7 Å². The van der Waals surface area contributed by atoms with E-state index in [4.69, 9.17) is 0 Å². The molecular weight excluding hydrogens is 322 g/mol. The molecule has 3 nitrogen and oxygen atoms in total. The lowest BCUT2D eigenvalue weighted by atomic mass is 10.1. The monoisotopic (exact) mass is 333 g/mol. The molecule has 2 N–H and O–H groups in total. The third-order valence-corrected chi connectivity index (χ3v) is 4.48. The number of anilines is 1. The number of aromatic nitrogens is 2. The molecule has 2 aromatic heterocycles. The van der Waals surface area contributed by atoms with Crippen molar-refractivity contribution < 1.29 is 0 Å². The Balaban J connectivity index is 1.66. The van der Waals surface area contributed by atoms with Gasteiger partial charge in [-0.25, -0.2) is 4.98 Å². The number of rotatable bonds is 4. The number of benzene rings is 1. The molecule has 0 aliphatic heterocycles. The van der Waals surface area contributed by atoms with Crippen molar-refractivity contribution in [2.24, 2.45) is 0 Å². The average Bonchev–Trinajstić information content (AvgIpc) is 3.08. The molecule has 0 saturated carbocycles. The molecule has 1 aromatic carbocycles. The Kier molecular flexibility index (Phi) is 3.66. The molecule has 96 valence electrons. The maximum Gasteiger partial charge on any atom is 0.0924 e. The third-order valence-electron chi connectivity index (χ3n) is 2.78. The van der Waals surface area contributed by atoms with Crippen LogP contribution in [0.4, 0.5) is 5.69 Å². The van der Waals surface area contributed by atoms with E-state index in [0.717, 1.165) is 28.0 Å². The van der Waals surface area contributed by atoms with Crippen molar-refractivity contribution >= 4 is 33.0 Å². The van der Waals surface area contributed by atoms with Gasteiger partial charge in [-0.3, -0.25) is 0 Å². The lowest BCUT2D eigenvalue weighted by Crippen LogP contribution is -1.96.